The van der Waals surface area contributed by atoms with E-state index in [2.05, 4.69) is 48.8 Å². The summed E-state index contributed by atoms with van der Waals surface area (Å²) in [4.78, 5) is 2.51. The van der Waals surface area contributed by atoms with E-state index in [1.54, 1.807) is 11.3 Å². The zero-order valence-corrected chi connectivity index (χ0v) is 12.0. The Morgan fingerprint density at radius 2 is 1.69 bits per heavy atom. The second-order valence-corrected chi connectivity index (χ2v) is 6.17. The minimum Gasteiger partial charge on any atom is -0.398 e. The topological polar surface area (TPSA) is 26.0 Å². The van der Waals surface area contributed by atoms with Gasteiger partial charge in [0.1, 0.15) is 0 Å². The molecule has 0 amide bonds. The molecular weight excluding hydrogens is 282 g/mol. The van der Waals surface area contributed by atoms with Gasteiger partial charge in [0, 0.05) is 20.6 Å². The molecule has 2 N–H and O–H groups in total. The average Bonchev–Trinajstić information content (AvgIpc) is 2.51. The van der Waals surface area contributed by atoms with E-state index in [0.29, 0.717) is 0 Å². The molecule has 2 rings (SSSR count). The molecule has 3 heteroatoms. The van der Waals surface area contributed by atoms with Crippen molar-refractivity contribution in [2.75, 3.05) is 5.73 Å². The van der Waals surface area contributed by atoms with Crippen molar-refractivity contribution >= 4 is 33.0 Å². The fraction of sp³-hybridized carbons (Fsp3) is 0.231. The largest absolute Gasteiger partial charge is 0.398 e. The summed E-state index contributed by atoms with van der Waals surface area (Å²) in [6.45, 7) is 6.31. The van der Waals surface area contributed by atoms with Gasteiger partial charge in [0.15, 0.2) is 0 Å². The number of thiophene rings is 1. The Hall–Kier alpha value is -0.800. The summed E-state index contributed by atoms with van der Waals surface area (Å²) >= 11 is 5.36. The van der Waals surface area contributed by atoms with Gasteiger partial charge in [-0.15, -0.1) is 11.3 Å². The molecule has 0 aliphatic rings. The van der Waals surface area contributed by atoms with Crippen LogP contribution in [-0.2, 0) is 0 Å². The summed E-state index contributed by atoms with van der Waals surface area (Å²) in [7, 11) is 0. The zero-order chi connectivity index (χ0) is 11.9. The number of rotatable bonds is 1. The second-order valence-electron chi connectivity index (χ2n) is 4.06. The van der Waals surface area contributed by atoms with Gasteiger partial charge in [0.05, 0.1) is 4.88 Å². The lowest BCUT2D eigenvalue weighted by Gasteiger charge is -2.08. The summed E-state index contributed by atoms with van der Waals surface area (Å²) in [6, 6.07) is 6.35. The van der Waals surface area contributed by atoms with E-state index >= 15 is 0 Å². The lowest BCUT2D eigenvalue weighted by atomic mass is 10.0. The first-order valence-electron chi connectivity index (χ1n) is 5.12. The molecule has 0 saturated heterocycles. The van der Waals surface area contributed by atoms with E-state index in [1.165, 1.54) is 20.9 Å². The number of anilines is 1. The number of nitrogens with two attached hydrogens (primary N) is 1. The maximum atomic E-state index is 6.09. The van der Waals surface area contributed by atoms with Crippen LogP contribution >= 0.6 is 27.3 Å². The third-order valence-corrected chi connectivity index (χ3v) is 4.69. The molecule has 1 heterocycles. The van der Waals surface area contributed by atoms with Gasteiger partial charge in [-0.3, -0.25) is 0 Å². The van der Waals surface area contributed by atoms with Crippen molar-refractivity contribution in [3.05, 3.63) is 38.7 Å². The number of hydrogen-bond acceptors (Lipinski definition) is 2. The van der Waals surface area contributed by atoms with Crippen LogP contribution in [0, 0.1) is 20.8 Å². The fourth-order valence-corrected chi connectivity index (χ4v) is 3.60. The lowest BCUT2D eigenvalue weighted by molar-refractivity contribution is 1.35. The van der Waals surface area contributed by atoms with Crippen molar-refractivity contribution in [3.63, 3.8) is 0 Å². The highest BCUT2D eigenvalue weighted by Crippen LogP contribution is 2.39. The number of nitrogen functional groups attached to an aromatic ring is 1. The van der Waals surface area contributed by atoms with Crippen LogP contribution in [0.5, 0.6) is 0 Å². The van der Waals surface area contributed by atoms with Crippen LogP contribution < -0.4 is 5.73 Å². The van der Waals surface area contributed by atoms with E-state index in [-0.39, 0.29) is 0 Å². The van der Waals surface area contributed by atoms with Crippen LogP contribution in [0.1, 0.15) is 16.0 Å². The molecule has 0 aliphatic carbocycles. The minimum atomic E-state index is 0.852. The van der Waals surface area contributed by atoms with Crippen LogP contribution in [0.15, 0.2) is 22.7 Å². The SMILES string of the molecule is Cc1cc(Br)c(-c2cc(C)c(C)cc2N)s1. The third-order valence-electron chi connectivity index (χ3n) is 2.72. The fourth-order valence-electron chi connectivity index (χ4n) is 1.70. The Bertz CT molecular complexity index is 543. The Labute approximate surface area is 108 Å². The molecule has 1 aromatic heterocycles. The highest BCUT2D eigenvalue weighted by Gasteiger charge is 2.11. The average molecular weight is 296 g/mol. The first-order chi connectivity index (χ1) is 7.49. The Balaban J connectivity index is 2.64. The number of aryl methyl sites for hydroxylation is 3. The van der Waals surface area contributed by atoms with Crippen molar-refractivity contribution in [2.24, 2.45) is 0 Å². The van der Waals surface area contributed by atoms with Gasteiger partial charge in [-0.25, -0.2) is 0 Å². The molecule has 0 unspecified atom stereocenters. The normalized spacial score (nSPS) is 10.8. The maximum absolute atomic E-state index is 6.09. The summed E-state index contributed by atoms with van der Waals surface area (Å²) < 4.78 is 1.13. The number of hydrogen-bond donors (Lipinski definition) is 1. The van der Waals surface area contributed by atoms with Crippen LogP contribution in [0.4, 0.5) is 5.69 Å². The minimum absolute atomic E-state index is 0.852. The van der Waals surface area contributed by atoms with Gasteiger partial charge in [0.2, 0.25) is 0 Å². The van der Waals surface area contributed by atoms with E-state index in [4.69, 9.17) is 5.73 Å². The highest BCUT2D eigenvalue weighted by molar-refractivity contribution is 9.10. The number of halogens is 1. The van der Waals surface area contributed by atoms with E-state index in [0.717, 1.165) is 15.7 Å². The Morgan fingerprint density at radius 1 is 1.06 bits per heavy atom. The molecule has 1 aromatic carbocycles. The van der Waals surface area contributed by atoms with Gasteiger partial charge < -0.3 is 5.73 Å². The van der Waals surface area contributed by atoms with E-state index < -0.39 is 0 Å². The van der Waals surface area contributed by atoms with Crippen LogP contribution in [-0.4, -0.2) is 0 Å². The number of benzene rings is 1. The smallest absolute Gasteiger partial charge is 0.0508 e. The molecule has 1 nitrogen and oxygen atoms in total. The van der Waals surface area contributed by atoms with Crippen LogP contribution in [0.3, 0.4) is 0 Å². The van der Waals surface area contributed by atoms with Crippen molar-refractivity contribution in [1.29, 1.82) is 0 Å². The predicted octanol–water partition coefficient (Wildman–Crippen LogP) is 4.69. The van der Waals surface area contributed by atoms with E-state index in [9.17, 15) is 0 Å². The molecule has 0 fully saturated rings. The lowest BCUT2D eigenvalue weighted by Crippen LogP contribution is -1.92. The zero-order valence-electron chi connectivity index (χ0n) is 9.60. The van der Waals surface area contributed by atoms with Gasteiger partial charge >= 0.3 is 0 Å². The molecule has 84 valence electrons. The molecule has 0 spiro atoms. The van der Waals surface area contributed by atoms with Gasteiger partial charge in [-0.05, 0) is 66.0 Å². The standard InChI is InChI=1S/C13H14BrNS/c1-7-4-10(12(15)5-8(7)2)13-11(14)6-9(3)16-13/h4-6H,15H2,1-3H3. The first kappa shape index (κ1) is 11.7. The summed E-state index contributed by atoms with van der Waals surface area (Å²) in [5.74, 6) is 0. The summed E-state index contributed by atoms with van der Waals surface area (Å²) in [5.41, 5.74) is 10.6. The highest BCUT2D eigenvalue weighted by atomic mass is 79.9. The molecule has 0 radical (unpaired) electrons. The monoisotopic (exact) mass is 295 g/mol. The molecule has 2 aromatic rings. The van der Waals surface area contributed by atoms with Crippen molar-refractivity contribution in [1.82, 2.24) is 0 Å². The Kier molecular flexibility index (Phi) is 3.08. The maximum Gasteiger partial charge on any atom is 0.0508 e. The van der Waals surface area contributed by atoms with Gasteiger partial charge in [-0.1, -0.05) is 0 Å². The Morgan fingerprint density at radius 3 is 2.25 bits per heavy atom. The molecule has 0 atom stereocenters. The van der Waals surface area contributed by atoms with E-state index in [1.807, 2.05) is 6.07 Å². The molecule has 0 bridgehead atoms. The quantitative estimate of drug-likeness (QED) is 0.759. The van der Waals surface area contributed by atoms with Gasteiger partial charge in [0.25, 0.3) is 0 Å². The first-order valence-corrected chi connectivity index (χ1v) is 6.73. The molecule has 0 saturated carbocycles. The molecule has 0 aliphatic heterocycles. The van der Waals surface area contributed by atoms with Crippen LogP contribution in [0.2, 0.25) is 0 Å². The predicted molar refractivity (Wildman–Crippen MR) is 76.1 cm³/mol. The van der Waals surface area contributed by atoms with Crippen molar-refractivity contribution in [3.8, 4) is 10.4 Å². The second kappa shape index (κ2) is 4.22. The summed E-state index contributed by atoms with van der Waals surface area (Å²) in [6.07, 6.45) is 0. The van der Waals surface area contributed by atoms with Crippen molar-refractivity contribution in [2.45, 2.75) is 20.8 Å². The van der Waals surface area contributed by atoms with Gasteiger partial charge in [-0.2, -0.15) is 0 Å². The van der Waals surface area contributed by atoms with Crippen molar-refractivity contribution < 1.29 is 0 Å². The summed E-state index contributed by atoms with van der Waals surface area (Å²) in [5, 5.41) is 0. The molecule has 16 heavy (non-hydrogen) atoms. The third kappa shape index (κ3) is 2.02. The van der Waals surface area contributed by atoms with Crippen LogP contribution in [0.25, 0.3) is 10.4 Å². The molecular formula is C13H14BrNS.